The monoisotopic (exact) mass is 347 g/mol. The highest BCUT2D eigenvalue weighted by Gasteiger charge is 2.20. The summed E-state index contributed by atoms with van der Waals surface area (Å²) in [6.45, 7) is 0. The van der Waals surface area contributed by atoms with Gasteiger partial charge in [0.15, 0.2) is 17.3 Å². The van der Waals surface area contributed by atoms with E-state index in [2.05, 4.69) is 15.3 Å². The van der Waals surface area contributed by atoms with Gasteiger partial charge in [0.05, 0.1) is 24.4 Å². The molecule has 1 N–H and O–H groups in total. The smallest absolute Gasteiger partial charge is 0.275 e. The zero-order chi connectivity index (χ0) is 16.9. The summed E-state index contributed by atoms with van der Waals surface area (Å²) in [5.41, 5.74) is 0.213. The van der Waals surface area contributed by atoms with E-state index >= 15 is 0 Å². The van der Waals surface area contributed by atoms with Crippen molar-refractivity contribution in [3.8, 4) is 11.5 Å². The molecule has 1 aliphatic rings. The van der Waals surface area contributed by atoms with Gasteiger partial charge < -0.3 is 14.8 Å². The van der Waals surface area contributed by atoms with Gasteiger partial charge in [-0.3, -0.25) is 4.79 Å². The van der Waals surface area contributed by atoms with E-state index in [4.69, 9.17) is 21.1 Å². The predicted molar refractivity (Wildman–Crippen MR) is 90.9 cm³/mol. The largest absolute Gasteiger partial charge is 0.491 e. The maximum Gasteiger partial charge on any atom is 0.275 e. The number of hydrogen-bond acceptors (Lipinski definition) is 5. The Kier molecular flexibility index (Phi) is 5.15. The molecule has 0 bridgehead atoms. The van der Waals surface area contributed by atoms with Crippen molar-refractivity contribution in [2.24, 2.45) is 0 Å². The molecule has 0 saturated heterocycles. The lowest BCUT2D eigenvalue weighted by Gasteiger charge is -2.16. The molecule has 1 aliphatic carbocycles. The summed E-state index contributed by atoms with van der Waals surface area (Å²) in [5.74, 6) is 0.917. The zero-order valence-electron chi connectivity index (χ0n) is 13.3. The average Bonchev–Trinajstić information content (AvgIpc) is 3.10. The number of hydrogen-bond donors (Lipinski definition) is 1. The Morgan fingerprint density at radius 3 is 2.79 bits per heavy atom. The number of anilines is 1. The molecule has 0 radical (unpaired) electrons. The number of nitrogens with zero attached hydrogens (tertiary/aromatic N) is 2. The van der Waals surface area contributed by atoms with Gasteiger partial charge in [0.2, 0.25) is 0 Å². The quantitative estimate of drug-likeness (QED) is 0.892. The van der Waals surface area contributed by atoms with E-state index in [0.29, 0.717) is 22.3 Å². The first-order chi connectivity index (χ1) is 11.7. The van der Waals surface area contributed by atoms with Gasteiger partial charge in [0.1, 0.15) is 5.69 Å². The molecule has 7 heteroatoms. The van der Waals surface area contributed by atoms with Crippen molar-refractivity contribution in [3.05, 3.63) is 41.3 Å². The average molecular weight is 348 g/mol. The second-order valence-electron chi connectivity index (χ2n) is 5.53. The molecular weight excluding hydrogens is 330 g/mol. The minimum absolute atomic E-state index is 0.155. The van der Waals surface area contributed by atoms with Crippen molar-refractivity contribution in [1.82, 2.24) is 9.97 Å². The van der Waals surface area contributed by atoms with Crippen molar-refractivity contribution < 1.29 is 14.3 Å². The topological polar surface area (TPSA) is 73.3 Å². The summed E-state index contributed by atoms with van der Waals surface area (Å²) in [4.78, 5) is 20.5. The molecule has 6 nitrogen and oxygen atoms in total. The van der Waals surface area contributed by atoms with Crippen molar-refractivity contribution in [2.45, 2.75) is 31.8 Å². The van der Waals surface area contributed by atoms with Crippen LogP contribution in [0.3, 0.4) is 0 Å². The first-order valence-electron chi connectivity index (χ1n) is 7.80. The predicted octanol–water partition coefficient (Wildman–Crippen LogP) is 3.71. The van der Waals surface area contributed by atoms with Crippen LogP contribution in [0.15, 0.2) is 30.6 Å². The molecule has 0 spiro atoms. The number of rotatable bonds is 5. The van der Waals surface area contributed by atoms with Crippen LogP contribution in [0.25, 0.3) is 0 Å². The minimum atomic E-state index is -0.408. The number of carbonyl (C=O) groups excluding carboxylic acids is 1. The SMILES string of the molecule is COc1cnc(C(=O)Nc2ncccc2Cl)cc1OC1CCCC1. The molecule has 2 aromatic heterocycles. The number of methoxy groups -OCH3 is 1. The number of aromatic nitrogens is 2. The maximum atomic E-state index is 12.4. The Morgan fingerprint density at radius 1 is 1.29 bits per heavy atom. The van der Waals surface area contributed by atoms with Crippen LogP contribution in [0.4, 0.5) is 5.82 Å². The van der Waals surface area contributed by atoms with E-state index in [-0.39, 0.29) is 11.8 Å². The number of halogens is 1. The molecule has 0 unspecified atom stereocenters. The molecule has 126 valence electrons. The highest BCUT2D eigenvalue weighted by Crippen LogP contribution is 2.31. The lowest BCUT2D eigenvalue weighted by Crippen LogP contribution is -2.16. The van der Waals surface area contributed by atoms with Crippen molar-refractivity contribution in [3.63, 3.8) is 0 Å². The third-order valence-electron chi connectivity index (χ3n) is 3.87. The molecule has 24 heavy (non-hydrogen) atoms. The maximum absolute atomic E-state index is 12.4. The van der Waals surface area contributed by atoms with Crippen LogP contribution in [-0.2, 0) is 0 Å². The standard InChI is InChI=1S/C17H18ClN3O3/c1-23-15-10-20-13(9-14(15)24-11-5-2-3-6-11)17(22)21-16-12(18)7-4-8-19-16/h4,7-11H,2-3,5-6H2,1H3,(H,19,21,22). The minimum Gasteiger partial charge on any atom is -0.491 e. The lowest BCUT2D eigenvalue weighted by atomic mass is 10.2. The van der Waals surface area contributed by atoms with Crippen LogP contribution >= 0.6 is 11.6 Å². The molecular formula is C17H18ClN3O3. The summed E-state index contributed by atoms with van der Waals surface area (Å²) in [6.07, 6.45) is 7.53. The van der Waals surface area contributed by atoms with Crippen molar-refractivity contribution >= 4 is 23.3 Å². The van der Waals surface area contributed by atoms with Gasteiger partial charge in [0, 0.05) is 12.3 Å². The van der Waals surface area contributed by atoms with Crippen LogP contribution in [0, 0.1) is 0 Å². The summed E-state index contributed by atoms with van der Waals surface area (Å²) >= 11 is 6.01. The van der Waals surface area contributed by atoms with Crippen LogP contribution in [0.5, 0.6) is 11.5 Å². The fourth-order valence-corrected chi connectivity index (χ4v) is 2.80. The van der Waals surface area contributed by atoms with E-state index in [0.717, 1.165) is 25.7 Å². The Balaban J connectivity index is 1.79. The van der Waals surface area contributed by atoms with Gasteiger partial charge in [-0.15, -0.1) is 0 Å². The van der Waals surface area contributed by atoms with E-state index in [1.165, 1.54) is 6.20 Å². The second-order valence-corrected chi connectivity index (χ2v) is 5.94. The highest BCUT2D eigenvalue weighted by atomic mass is 35.5. The van der Waals surface area contributed by atoms with Gasteiger partial charge in [0.25, 0.3) is 5.91 Å². The number of carbonyl (C=O) groups is 1. The van der Waals surface area contributed by atoms with Gasteiger partial charge in [-0.2, -0.15) is 0 Å². The van der Waals surface area contributed by atoms with Crippen LogP contribution in [0.2, 0.25) is 5.02 Å². The lowest BCUT2D eigenvalue weighted by molar-refractivity contribution is 0.102. The third-order valence-corrected chi connectivity index (χ3v) is 4.18. The molecule has 0 atom stereocenters. The number of nitrogens with one attached hydrogen (secondary N) is 1. The van der Waals surface area contributed by atoms with E-state index in [9.17, 15) is 4.79 Å². The summed E-state index contributed by atoms with van der Waals surface area (Å²) in [5, 5.41) is 3.01. The third kappa shape index (κ3) is 3.76. The molecule has 0 aromatic carbocycles. The highest BCUT2D eigenvalue weighted by molar-refractivity contribution is 6.33. The molecule has 1 amide bonds. The Morgan fingerprint density at radius 2 is 2.08 bits per heavy atom. The first kappa shape index (κ1) is 16.5. The van der Waals surface area contributed by atoms with Crippen molar-refractivity contribution in [1.29, 1.82) is 0 Å². The first-order valence-corrected chi connectivity index (χ1v) is 8.17. The molecule has 2 aromatic rings. The van der Waals surface area contributed by atoms with Crippen LogP contribution in [0.1, 0.15) is 36.2 Å². The van der Waals surface area contributed by atoms with Crippen molar-refractivity contribution in [2.75, 3.05) is 12.4 Å². The Hall–Kier alpha value is -2.34. The zero-order valence-corrected chi connectivity index (χ0v) is 14.0. The summed E-state index contributed by atoms with van der Waals surface area (Å²) in [6, 6.07) is 4.93. The van der Waals surface area contributed by atoms with Crippen LogP contribution in [-0.4, -0.2) is 29.1 Å². The summed E-state index contributed by atoms with van der Waals surface area (Å²) in [7, 11) is 1.55. The molecule has 1 fully saturated rings. The van der Waals surface area contributed by atoms with E-state index in [1.807, 2.05) is 0 Å². The Labute approximate surface area is 145 Å². The number of ether oxygens (including phenoxy) is 2. The fraction of sp³-hybridized carbons (Fsp3) is 0.353. The van der Waals surface area contributed by atoms with Gasteiger partial charge >= 0.3 is 0 Å². The van der Waals surface area contributed by atoms with E-state index in [1.54, 1.807) is 31.5 Å². The Bertz CT molecular complexity index is 733. The molecule has 2 heterocycles. The number of pyridine rings is 2. The normalized spacial score (nSPS) is 14.4. The van der Waals surface area contributed by atoms with Gasteiger partial charge in [-0.05, 0) is 37.8 Å². The summed E-state index contributed by atoms with van der Waals surface area (Å²) < 4.78 is 11.3. The molecule has 3 rings (SSSR count). The number of amides is 1. The fourth-order valence-electron chi connectivity index (χ4n) is 2.63. The second kappa shape index (κ2) is 7.49. The molecule has 0 aliphatic heterocycles. The van der Waals surface area contributed by atoms with Gasteiger partial charge in [-0.1, -0.05) is 11.6 Å². The van der Waals surface area contributed by atoms with E-state index < -0.39 is 5.91 Å². The molecule has 1 saturated carbocycles. The van der Waals surface area contributed by atoms with Gasteiger partial charge in [-0.25, -0.2) is 9.97 Å². The van der Waals surface area contributed by atoms with Crippen LogP contribution < -0.4 is 14.8 Å².